The zero-order valence-corrected chi connectivity index (χ0v) is 23.1. The van der Waals surface area contributed by atoms with E-state index in [9.17, 15) is 14.4 Å². The van der Waals surface area contributed by atoms with Crippen LogP contribution in [-0.4, -0.2) is 66.9 Å². The van der Waals surface area contributed by atoms with E-state index in [1.165, 1.54) is 0 Å². The van der Waals surface area contributed by atoms with E-state index in [1.807, 2.05) is 46.2 Å². The number of benzene rings is 2. The molecule has 1 saturated carbocycles. The highest BCUT2D eigenvalue weighted by Crippen LogP contribution is 2.42. The lowest BCUT2D eigenvalue weighted by molar-refractivity contribution is -0.136. The molecule has 3 aromatic rings. The first-order valence-corrected chi connectivity index (χ1v) is 14.5. The van der Waals surface area contributed by atoms with Crippen molar-refractivity contribution >= 4 is 28.7 Å². The molecule has 3 fully saturated rings. The van der Waals surface area contributed by atoms with Gasteiger partial charge in [-0.05, 0) is 61.8 Å². The Morgan fingerprint density at radius 3 is 2.40 bits per heavy atom. The Kier molecular flexibility index (Phi) is 7.26. The molecule has 2 atom stereocenters. The van der Waals surface area contributed by atoms with Crippen LogP contribution in [0.3, 0.4) is 0 Å². The van der Waals surface area contributed by atoms with E-state index in [2.05, 4.69) is 5.32 Å². The van der Waals surface area contributed by atoms with Gasteiger partial charge in [0.15, 0.2) is 17.1 Å². The number of fused-ring (bicyclic) bond motifs is 1. The Balaban J connectivity index is 1.07. The molecule has 8 heteroatoms. The average Bonchev–Trinajstić information content (AvgIpc) is 3.62. The summed E-state index contributed by atoms with van der Waals surface area (Å²) in [7, 11) is 1.59. The third kappa shape index (κ3) is 5.07. The van der Waals surface area contributed by atoms with Crippen molar-refractivity contribution < 1.29 is 23.5 Å². The van der Waals surface area contributed by atoms with E-state index in [4.69, 9.17) is 9.15 Å². The largest absolute Gasteiger partial charge is 0.493 e. The summed E-state index contributed by atoms with van der Waals surface area (Å²) >= 11 is 0. The summed E-state index contributed by atoms with van der Waals surface area (Å²) in [5.74, 6) is 0.735. The van der Waals surface area contributed by atoms with E-state index in [0.29, 0.717) is 35.7 Å². The van der Waals surface area contributed by atoms with Crippen LogP contribution in [0.4, 0.5) is 0 Å². The van der Waals surface area contributed by atoms with Gasteiger partial charge in [-0.1, -0.05) is 43.2 Å². The lowest BCUT2D eigenvalue weighted by Crippen LogP contribution is -2.50. The number of piperidine rings is 1. The van der Waals surface area contributed by atoms with Gasteiger partial charge in [0, 0.05) is 43.2 Å². The molecule has 2 aromatic carbocycles. The summed E-state index contributed by atoms with van der Waals surface area (Å²) in [6, 6.07) is 16.5. The molecule has 3 aliphatic rings. The highest BCUT2D eigenvalue weighted by Gasteiger charge is 2.45. The molecule has 1 aliphatic carbocycles. The maximum atomic E-state index is 13.7. The third-order valence-electron chi connectivity index (χ3n) is 9.24. The van der Waals surface area contributed by atoms with E-state index in [1.54, 1.807) is 25.3 Å². The zero-order chi connectivity index (χ0) is 27.7. The molecule has 6 rings (SSSR count). The molecule has 3 amide bonds. The van der Waals surface area contributed by atoms with Crippen molar-refractivity contribution in [3.8, 4) is 5.75 Å². The summed E-state index contributed by atoms with van der Waals surface area (Å²) in [4.78, 5) is 43.7. The number of methoxy groups -OCH3 is 1. The molecule has 210 valence electrons. The Hall–Kier alpha value is -3.81. The number of ether oxygens (including phenoxy) is 1. The first-order chi connectivity index (χ1) is 19.5. The van der Waals surface area contributed by atoms with Gasteiger partial charge < -0.3 is 24.3 Å². The van der Waals surface area contributed by atoms with Crippen LogP contribution in [0.5, 0.6) is 5.75 Å². The van der Waals surface area contributed by atoms with E-state index in [-0.39, 0.29) is 35.1 Å². The van der Waals surface area contributed by atoms with Gasteiger partial charge in [-0.15, -0.1) is 0 Å². The fourth-order valence-electron chi connectivity index (χ4n) is 6.85. The number of furan rings is 1. The minimum atomic E-state index is -0.177. The van der Waals surface area contributed by atoms with Gasteiger partial charge >= 0.3 is 0 Å². The topological polar surface area (TPSA) is 92.1 Å². The Morgan fingerprint density at radius 1 is 0.925 bits per heavy atom. The number of carbonyl (C=O) groups excluding carboxylic acids is 3. The summed E-state index contributed by atoms with van der Waals surface area (Å²) in [5, 5.41) is 4.01. The Labute approximate surface area is 234 Å². The average molecular weight is 544 g/mol. The molecule has 2 aliphatic heterocycles. The van der Waals surface area contributed by atoms with Crippen LogP contribution in [0.25, 0.3) is 11.0 Å². The van der Waals surface area contributed by atoms with Crippen LogP contribution in [-0.2, 0) is 4.79 Å². The molecule has 2 saturated heterocycles. The normalized spacial score (nSPS) is 22.4. The van der Waals surface area contributed by atoms with Gasteiger partial charge in [0.25, 0.3) is 11.8 Å². The molecule has 0 unspecified atom stereocenters. The van der Waals surface area contributed by atoms with Crippen molar-refractivity contribution in [1.82, 2.24) is 15.1 Å². The van der Waals surface area contributed by atoms with E-state index < -0.39 is 0 Å². The second kappa shape index (κ2) is 11.0. The summed E-state index contributed by atoms with van der Waals surface area (Å²) in [5.41, 5.74) is 1.26. The molecular formula is C32H37N3O5. The third-order valence-corrected chi connectivity index (χ3v) is 9.24. The maximum absolute atomic E-state index is 13.7. The second-order valence-electron chi connectivity index (χ2n) is 11.6. The zero-order valence-electron chi connectivity index (χ0n) is 23.1. The van der Waals surface area contributed by atoms with Gasteiger partial charge in [-0.3, -0.25) is 14.4 Å². The summed E-state index contributed by atoms with van der Waals surface area (Å²) in [6.45, 7) is 2.76. The van der Waals surface area contributed by atoms with Crippen LogP contribution in [0.2, 0.25) is 0 Å². The van der Waals surface area contributed by atoms with Gasteiger partial charge in [0.2, 0.25) is 5.91 Å². The maximum Gasteiger partial charge on any atom is 0.289 e. The minimum Gasteiger partial charge on any atom is -0.493 e. The number of nitrogens with zero attached hydrogens (tertiary/aromatic N) is 2. The number of para-hydroxylation sites is 1. The van der Waals surface area contributed by atoms with Crippen LogP contribution in [0.1, 0.15) is 65.9 Å². The number of amides is 3. The SMILES string of the molecule is COc1cccc2cc(C(=O)N3CCC4(CC3)CCN(C(=O)[C@H]3CCCC[C@H]3NC(=O)c3ccccc3)C4)oc12. The molecule has 1 N–H and O–H groups in total. The number of carbonyl (C=O) groups is 3. The van der Waals surface area contributed by atoms with Gasteiger partial charge in [0.1, 0.15) is 0 Å². The van der Waals surface area contributed by atoms with Crippen molar-refractivity contribution in [3.05, 3.63) is 65.9 Å². The van der Waals surface area contributed by atoms with E-state index in [0.717, 1.165) is 63.4 Å². The quantitative estimate of drug-likeness (QED) is 0.495. The molecule has 1 spiro atoms. The van der Waals surface area contributed by atoms with Gasteiger partial charge in [-0.25, -0.2) is 0 Å². The number of nitrogens with one attached hydrogen (secondary N) is 1. The molecule has 8 nitrogen and oxygen atoms in total. The Bertz CT molecular complexity index is 1390. The minimum absolute atomic E-state index is 0.0426. The van der Waals surface area contributed by atoms with Crippen molar-refractivity contribution in [3.63, 3.8) is 0 Å². The van der Waals surface area contributed by atoms with Crippen LogP contribution in [0.15, 0.2) is 59.0 Å². The fraction of sp³-hybridized carbons (Fsp3) is 0.469. The monoisotopic (exact) mass is 543 g/mol. The molecule has 40 heavy (non-hydrogen) atoms. The predicted molar refractivity (Wildman–Crippen MR) is 151 cm³/mol. The second-order valence-corrected chi connectivity index (χ2v) is 11.6. The van der Waals surface area contributed by atoms with Crippen LogP contribution in [0, 0.1) is 11.3 Å². The number of rotatable bonds is 5. The molecule has 3 heterocycles. The van der Waals surface area contributed by atoms with Crippen molar-refractivity contribution in [2.45, 2.75) is 51.0 Å². The van der Waals surface area contributed by atoms with Crippen molar-refractivity contribution in [2.75, 3.05) is 33.3 Å². The Morgan fingerprint density at radius 2 is 1.65 bits per heavy atom. The lowest BCUT2D eigenvalue weighted by Gasteiger charge is -2.39. The fourth-order valence-corrected chi connectivity index (χ4v) is 6.85. The molecule has 0 radical (unpaired) electrons. The standard InChI is InChI=1S/C32H37N3O5/c1-39-26-13-7-10-23-20-27(40-28(23)26)31(38)34-17-14-32(15-18-34)16-19-35(21-32)30(37)24-11-5-6-12-25(24)33-29(36)22-8-3-2-4-9-22/h2-4,7-10,13,20,24-25H,5-6,11-12,14-19,21H2,1H3,(H,33,36)/t24-,25+/m0/s1. The summed E-state index contributed by atoms with van der Waals surface area (Å²) < 4.78 is 11.3. The van der Waals surface area contributed by atoms with Crippen molar-refractivity contribution in [2.24, 2.45) is 11.3 Å². The van der Waals surface area contributed by atoms with E-state index >= 15 is 0 Å². The van der Waals surface area contributed by atoms with Gasteiger partial charge in [-0.2, -0.15) is 0 Å². The number of hydrogen-bond acceptors (Lipinski definition) is 5. The van der Waals surface area contributed by atoms with Crippen LogP contribution >= 0.6 is 0 Å². The molecular weight excluding hydrogens is 506 g/mol. The summed E-state index contributed by atoms with van der Waals surface area (Å²) in [6.07, 6.45) is 6.37. The predicted octanol–water partition coefficient (Wildman–Crippen LogP) is 4.88. The highest BCUT2D eigenvalue weighted by atomic mass is 16.5. The molecule has 0 bridgehead atoms. The molecule has 1 aromatic heterocycles. The number of hydrogen-bond donors (Lipinski definition) is 1. The van der Waals surface area contributed by atoms with Gasteiger partial charge in [0.05, 0.1) is 13.0 Å². The van der Waals surface area contributed by atoms with Crippen LogP contribution < -0.4 is 10.1 Å². The first kappa shape index (κ1) is 26.4. The number of likely N-dealkylation sites (tertiary alicyclic amines) is 2. The first-order valence-electron chi connectivity index (χ1n) is 14.5. The lowest BCUT2D eigenvalue weighted by atomic mass is 9.77. The van der Waals surface area contributed by atoms with Crippen molar-refractivity contribution in [1.29, 1.82) is 0 Å². The smallest absolute Gasteiger partial charge is 0.289 e. The highest BCUT2D eigenvalue weighted by molar-refractivity contribution is 5.97.